The van der Waals surface area contributed by atoms with E-state index in [-0.39, 0.29) is 10.9 Å². The van der Waals surface area contributed by atoms with E-state index in [9.17, 15) is 0 Å². The van der Waals surface area contributed by atoms with Crippen LogP contribution in [0.1, 0.15) is 26.3 Å². The lowest BCUT2D eigenvalue weighted by Crippen LogP contribution is -2.29. The molecule has 0 aromatic heterocycles. The number of allylic oxidation sites excluding steroid dienone is 1. The first kappa shape index (κ1) is 10.6. The summed E-state index contributed by atoms with van der Waals surface area (Å²) in [6.45, 7) is 10.5. The Morgan fingerprint density at radius 2 is 1.93 bits per heavy atom. The SMILES string of the molecule is C=C1N(C(C)Cl)c2ccccc2C1(C)C. The highest BCUT2D eigenvalue weighted by atomic mass is 35.5. The Morgan fingerprint density at radius 1 is 1.33 bits per heavy atom. The fourth-order valence-corrected chi connectivity index (χ4v) is 2.44. The number of halogens is 1. The number of nitrogens with zero attached hydrogens (tertiary/aromatic N) is 1. The normalized spacial score (nSPS) is 20.3. The molecule has 0 N–H and O–H groups in total. The van der Waals surface area contributed by atoms with Gasteiger partial charge >= 0.3 is 0 Å². The van der Waals surface area contributed by atoms with E-state index in [1.807, 2.05) is 13.0 Å². The van der Waals surface area contributed by atoms with Crippen LogP contribution in [0.2, 0.25) is 0 Å². The highest BCUT2D eigenvalue weighted by molar-refractivity contribution is 6.22. The summed E-state index contributed by atoms with van der Waals surface area (Å²) in [7, 11) is 0. The molecule has 1 aromatic carbocycles. The van der Waals surface area contributed by atoms with Gasteiger partial charge in [-0.25, -0.2) is 0 Å². The van der Waals surface area contributed by atoms with E-state index in [1.54, 1.807) is 0 Å². The van der Waals surface area contributed by atoms with Gasteiger partial charge in [-0.1, -0.05) is 50.2 Å². The van der Waals surface area contributed by atoms with Gasteiger partial charge in [0, 0.05) is 16.8 Å². The number of hydrogen-bond donors (Lipinski definition) is 0. The van der Waals surface area contributed by atoms with Crippen LogP contribution in [0.25, 0.3) is 0 Å². The van der Waals surface area contributed by atoms with Crippen molar-refractivity contribution in [2.24, 2.45) is 0 Å². The molecule has 0 fully saturated rings. The van der Waals surface area contributed by atoms with Crippen LogP contribution >= 0.6 is 11.6 Å². The smallest absolute Gasteiger partial charge is 0.105 e. The van der Waals surface area contributed by atoms with Crippen LogP contribution < -0.4 is 4.90 Å². The maximum atomic E-state index is 6.20. The van der Waals surface area contributed by atoms with Gasteiger partial charge in [0.05, 0.1) is 0 Å². The van der Waals surface area contributed by atoms with Crippen molar-refractivity contribution >= 4 is 17.3 Å². The Labute approximate surface area is 96.4 Å². The van der Waals surface area contributed by atoms with Crippen molar-refractivity contribution < 1.29 is 0 Å². The molecule has 2 rings (SSSR count). The van der Waals surface area contributed by atoms with Crippen molar-refractivity contribution in [2.45, 2.75) is 31.7 Å². The molecule has 1 atom stereocenters. The number of alkyl halides is 1. The molecule has 1 unspecified atom stereocenters. The van der Waals surface area contributed by atoms with E-state index in [0.29, 0.717) is 0 Å². The Kier molecular flexibility index (Phi) is 2.31. The van der Waals surface area contributed by atoms with Crippen LogP contribution in [0.15, 0.2) is 36.5 Å². The molecule has 0 bridgehead atoms. The highest BCUT2D eigenvalue weighted by Crippen LogP contribution is 2.47. The van der Waals surface area contributed by atoms with E-state index in [0.717, 1.165) is 5.70 Å². The van der Waals surface area contributed by atoms with Crippen LogP contribution in [-0.2, 0) is 5.41 Å². The lowest BCUT2D eigenvalue weighted by Gasteiger charge is -2.27. The first-order valence-electron chi connectivity index (χ1n) is 5.18. The molecule has 1 nitrogen and oxygen atoms in total. The molecule has 0 saturated carbocycles. The van der Waals surface area contributed by atoms with Crippen LogP contribution in [0, 0.1) is 0 Å². The maximum Gasteiger partial charge on any atom is 0.105 e. The molecular formula is C13H16ClN. The standard InChI is InChI=1S/C13H16ClN/c1-9-13(3,4)11-7-5-6-8-12(11)15(9)10(2)14/h5-8,10H,1H2,2-4H3. The second-order valence-electron chi connectivity index (χ2n) is 4.53. The van der Waals surface area contributed by atoms with Crippen molar-refractivity contribution in [1.29, 1.82) is 0 Å². The average molecular weight is 222 g/mol. The number of anilines is 1. The minimum absolute atomic E-state index is 0.0141. The summed E-state index contributed by atoms with van der Waals surface area (Å²) in [4.78, 5) is 2.11. The molecule has 0 radical (unpaired) electrons. The third-order valence-electron chi connectivity index (χ3n) is 3.20. The topological polar surface area (TPSA) is 3.24 Å². The van der Waals surface area contributed by atoms with Gasteiger partial charge in [-0.05, 0) is 18.6 Å². The number of hydrogen-bond acceptors (Lipinski definition) is 1. The third-order valence-corrected chi connectivity index (χ3v) is 3.40. The first-order valence-corrected chi connectivity index (χ1v) is 5.62. The largest absolute Gasteiger partial charge is 0.328 e. The van der Waals surface area contributed by atoms with E-state index in [2.05, 4.69) is 43.5 Å². The van der Waals surface area contributed by atoms with Crippen LogP contribution in [0.5, 0.6) is 0 Å². The summed E-state index contributed by atoms with van der Waals surface area (Å²) >= 11 is 6.20. The average Bonchev–Trinajstić information content (AvgIpc) is 2.36. The van der Waals surface area contributed by atoms with Crippen LogP contribution in [-0.4, -0.2) is 5.50 Å². The lowest BCUT2D eigenvalue weighted by molar-refractivity contribution is 0.632. The Morgan fingerprint density at radius 3 is 2.53 bits per heavy atom. The van der Waals surface area contributed by atoms with Crippen LogP contribution in [0.3, 0.4) is 0 Å². The van der Waals surface area contributed by atoms with Gasteiger partial charge in [-0.15, -0.1) is 0 Å². The molecule has 2 heteroatoms. The number of fused-ring (bicyclic) bond motifs is 1. The molecule has 80 valence electrons. The van der Waals surface area contributed by atoms with E-state index in [4.69, 9.17) is 11.6 Å². The van der Waals surface area contributed by atoms with E-state index < -0.39 is 0 Å². The maximum absolute atomic E-state index is 6.20. The molecule has 1 aliphatic heterocycles. The van der Waals surface area contributed by atoms with Gasteiger partial charge in [-0.3, -0.25) is 0 Å². The monoisotopic (exact) mass is 221 g/mol. The summed E-state index contributed by atoms with van der Waals surface area (Å²) in [5, 5.41) is 0. The fourth-order valence-electron chi connectivity index (χ4n) is 2.22. The third kappa shape index (κ3) is 1.37. The molecule has 0 spiro atoms. The minimum Gasteiger partial charge on any atom is -0.328 e. The Bertz CT molecular complexity index is 407. The highest BCUT2D eigenvalue weighted by Gasteiger charge is 2.39. The molecule has 1 heterocycles. The molecule has 0 saturated heterocycles. The number of rotatable bonds is 1. The molecule has 1 aliphatic rings. The number of benzene rings is 1. The summed E-state index contributed by atoms with van der Waals surface area (Å²) in [6, 6.07) is 8.37. The molecule has 0 aliphatic carbocycles. The van der Waals surface area contributed by atoms with Gasteiger partial charge < -0.3 is 4.90 Å². The Hall–Kier alpha value is -0.950. The molecular weight excluding hydrogens is 206 g/mol. The predicted octanol–water partition coefficient (Wildman–Crippen LogP) is 3.88. The van der Waals surface area contributed by atoms with Crippen molar-refractivity contribution in [3.8, 4) is 0 Å². The zero-order valence-corrected chi connectivity index (χ0v) is 10.2. The summed E-state index contributed by atoms with van der Waals surface area (Å²) in [5.41, 5.74) is 3.50. The minimum atomic E-state index is -0.0552. The van der Waals surface area contributed by atoms with Gasteiger partial charge in [-0.2, -0.15) is 0 Å². The van der Waals surface area contributed by atoms with Gasteiger partial charge in [0.2, 0.25) is 0 Å². The zero-order valence-electron chi connectivity index (χ0n) is 9.42. The van der Waals surface area contributed by atoms with Gasteiger partial charge in [0.25, 0.3) is 0 Å². The lowest BCUT2D eigenvalue weighted by atomic mass is 9.85. The van der Waals surface area contributed by atoms with E-state index >= 15 is 0 Å². The zero-order chi connectivity index (χ0) is 11.2. The van der Waals surface area contributed by atoms with Gasteiger partial charge in [0.1, 0.15) is 5.50 Å². The van der Waals surface area contributed by atoms with Crippen molar-refractivity contribution in [3.63, 3.8) is 0 Å². The summed E-state index contributed by atoms with van der Waals surface area (Å²) in [5.74, 6) is 0. The quantitative estimate of drug-likeness (QED) is 0.514. The molecule has 15 heavy (non-hydrogen) atoms. The molecule has 1 aromatic rings. The molecule has 0 amide bonds. The van der Waals surface area contributed by atoms with Crippen molar-refractivity contribution in [3.05, 3.63) is 42.1 Å². The first-order chi connectivity index (χ1) is 6.96. The van der Waals surface area contributed by atoms with Crippen LogP contribution in [0.4, 0.5) is 5.69 Å². The Balaban J connectivity index is 2.62. The van der Waals surface area contributed by atoms with Crippen molar-refractivity contribution in [1.82, 2.24) is 0 Å². The summed E-state index contributed by atoms with van der Waals surface area (Å²) < 4.78 is 0. The summed E-state index contributed by atoms with van der Waals surface area (Å²) in [6.07, 6.45) is 0. The second-order valence-corrected chi connectivity index (χ2v) is 5.16. The number of para-hydroxylation sites is 1. The fraction of sp³-hybridized carbons (Fsp3) is 0.385. The predicted molar refractivity (Wildman–Crippen MR) is 66.4 cm³/mol. The second kappa shape index (κ2) is 3.28. The van der Waals surface area contributed by atoms with E-state index in [1.165, 1.54) is 11.3 Å². The van der Waals surface area contributed by atoms with Gasteiger partial charge in [0.15, 0.2) is 0 Å². The van der Waals surface area contributed by atoms with Crippen molar-refractivity contribution in [2.75, 3.05) is 4.90 Å².